The SMILES string of the molecule is CCCCN1[C]N(Cn2cccn2)C=C1.[Cl][Pd][Cl]. The van der Waals surface area contributed by atoms with Gasteiger partial charge in [0.25, 0.3) is 0 Å². The van der Waals surface area contributed by atoms with Crippen LogP contribution in [0.4, 0.5) is 0 Å². The van der Waals surface area contributed by atoms with Gasteiger partial charge in [-0.1, -0.05) is 13.3 Å². The monoisotopic (exact) mass is 380 g/mol. The van der Waals surface area contributed by atoms with Crippen molar-refractivity contribution in [2.75, 3.05) is 6.54 Å². The van der Waals surface area contributed by atoms with Crippen LogP contribution in [0.1, 0.15) is 19.8 Å². The van der Waals surface area contributed by atoms with Gasteiger partial charge in [0.05, 0.1) is 0 Å². The van der Waals surface area contributed by atoms with Crippen molar-refractivity contribution in [2.24, 2.45) is 0 Å². The Morgan fingerprint density at radius 3 is 2.61 bits per heavy atom. The zero-order chi connectivity index (χ0) is 13.2. The summed E-state index contributed by atoms with van der Waals surface area (Å²) in [5.41, 5.74) is 0. The molecule has 0 fully saturated rings. The van der Waals surface area contributed by atoms with Crippen LogP contribution in [-0.4, -0.2) is 26.1 Å². The second kappa shape index (κ2) is 9.69. The Kier molecular flexibility index (Phi) is 8.53. The first-order chi connectivity index (χ1) is 8.80. The molecule has 1 aliphatic rings. The minimum atomic E-state index is -0.106. The van der Waals surface area contributed by atoms with Gasteiger partial charge in [-0.25, -0.2) is 0 Å². The summed E-state index contributed by atoms with van der Waals surface area (Å²) in [7, 11) is 9.63. The molecule has 0 amide bonds. The summed E-state index contributed by atoms with van der Waals surface area (Å²) in [6, 6.07) is 1.93. The minimum absolute atomic E-state index is 0.106. The van der Waals surface area contributed by atoms with E-state index in [0.717, 1.165) is 13.2 Å². The van der Waals surface area contributed by atoms with Crippen molar-refractivity contribution in [1.82, 2.24) is 19.6 Å². The molecule has 2 heterocycles. The van der Waals surface area contributed by atoms with Crippen molar-refractivity contribution in [3.05, 3.63) is 37.5 Å². The van der Waals surface area contributed by atoms with Gasteiger partial charge >= 0.3 is 35.0 Å². The number of hydrogen-bond donors (Lipinski definition) is 0. The first-order valence-electron chi connectivity index (χ1n) is 5.57. The molecule has 104 valence electrons. The molecule has 0 N–H and O–H groups in total. The van der Waals surface area contributed by atoms with Crippen LogP contribution in [0.15, 0.2) is 30.9 Å². The van der Waals surface area contributed by atoms with Crippen LogP contribution in [0.2, 0.25) is 0 Å². The Morgan fingerprint density at radius 1 is 1.28 bits per heavy atom. The summed E-state index contributed by atoms with van der Waals surface area (Å²) in [5, 5.41) is 4.15. The molecule has 4 nitrogen and oxygen atoms in total. The van der Waals surface area contributed by atoms with Gasteiger partial charge in [-0.05, 0) is 12.5 Å². The molecule has 1 aromatic rings. The molecule has 2 rings (SSSR count). The van der Waals surface area contributed by atoms with Crippen LogP contribution in [-0.2, 0) is 22.6 Å². The Hall–Kier alpha value is -0.208. The second-order valence-corrected chi connectivity index (χ2v) is 6.01. The molecule has 7 heteroatoms. The van der Waals surface area contributed by atoms with Crippen LogP contribution in [0, 0.1) is 6.67 Å². The number of aromatic nitrogens is 2. The van der Waals surface area contributed by atoms with Crippen LogP contribution in [0.3, 0.4) is 0 Å². The fourth-order valence-electron chi connectivity index (χ4n) is 1.46. The molecule has 0 atom stereocenters. The van der Waals surface area contributed by atoms with Gasteiger partial charge in [0, 0.05) is 31.3 Å². The predicted molar refractivity (Wildman–Crippen MR) is 69.8 cm³/mol. The Balaban J connectivity index is 0.000000492. The van der Waals surface area contributed by atoms with E-state index in [9.17, 15) is 0 Å². The van der Waals surface area contributed by atoms with Gasteiger partial charge in [0.1, 0.15) is 6.67 Å². The van der Waals surface area contributed by atoms with E-state index < -0.39 is 0 Å². The molecule has 0 unspecified atom stereocenters. The van der Waals surface area contributed by atoms with Crippen molar-refractivity contribution in [3.63, 3.8) is 0 Å². The van der Waals surface area contributed by atoms with Crippen molar-refractivity contribution < 1.29 is 15.9 Å². The molecule has 0 spiro atoms. The third-order valence-electron chi connectivity index (χ3n) is 2.29. The number of unbranched alkanes of at least 4 members (excludes halogenated alkanes) is 1. The molecule has 1 aromatic heterocycles. The van der Waals surface area contributed by atoms with Crippen molar-refractivity contribution in [1.29, 1.82) is 0 Å². The molecule has 0 saturated heterocycles. The topological polar surface area (TPSA) is 24.3 Å². The van der Waals surface area contributed by atoms with Crippen molar-refractivity contribution in [3.8, 4) is 0 Å². The Morgan fingerprint density at radius 2 is 2.00 bits per heavy atom. The number of halogens is 2. The van der Waals surface area contributed by atoms with Crippen LogP contribution >= 0.6 is 19.1 Å². The number of nitrogens with zero attached hydrogens (tertiary/aromatic N) is 4. The predicted octanol–water partition coefficient (Wildman–Crippen LogP) is 3.10. The summed E-state index contributed by atoms with van der Waals surface area (Å²) in [4.78, 5) is 4.09. The molecule has 0 aromatic carbocycles. The molecule has 2 radical (unpaired) electrons. The van der Waals surface area contributed by atoms with Gasteiger partial charge < -0.3 is 9.80 Å². The maximum atomic E-state index is 4.81. The number of hydrogen-bond acceptors (Lipinski definition) is 3. The van der Waals surface area contributed by atoms with Gasteiger partial charge in [0.2, 0.25) is 6.67 Å². The Bertz CT molecular complexity index is 332. The first-order valence-corrected chi connectivity index (χ1v) is 9.58. The molecule has 0 aliphatic carbocycles. The maximum absolute atomic E-state index is 4.81. The third kappa shape index (κ3) is 6.10. The zero-order valence-corrected chi connectivity index (χ0v) is 13.1. The fourth-order valence-corrected chi connectivity index (χ4v) is 1.46. The summed E-state index contributed by atoms with van der Waals surface area (Å²) < 4.78 is 1.88. The quantitative estimate of drug-likeness (QED) is 0.733. The summed E-state index contributed by atoms with van der Waals surface area (Å²) in [6.45, 7) is 7.23. The molecule has 1 aliphatic heterocycles. The van der Waals surface area contributed by atoms with Gasteiger partial charge in [-0.15, -0.1) is 0 Å². The van der Waals surface area contributed by atoms with Crippen molar-refractivity contribution in [2.45, 2.75) is 26.4 Å². The number of rotatable bonds is 5. The average Bonchev–Trinajstić information content (AvgIpc) is 3.00. The van der Waals surface area contributed by atoms with Crippen LogP contribution in [0.5, 0.6) is 0 Å². The van der Waals surface area contributed by atoms with E-state index in [2.05, 4.69) is 29.8 Å². The second-order valence-electron chi connectivity index (χ2n) is 3.65. The van der Waals surface area contributed by atoms with Crippen LogP contribution in [0.25, 0.3) is 0 Å². The standard InChI is InChI=1S/C11H16N4.2ClH.Pd/c1-2-3-6-13-8-9-14(10-13)11-15-7-4-5-12-15;;;/h4-5,7-9H,2-3,6,11H2,1H3;2*1H;/q;;;+2/p-2. The first kappa shape index (κ1) is 15.8. The van der Waals surface area contributed by atoms with E-state index in [-0.39, 0.29) is 15.9 Å². The molecular formula is C11H16Cl2N4Pd. The van der Waals surface area contributed by atoms with Gasteiger partial charge in [-0.3, -0.25) is 4.68 Å². The third-order valence-corrected chi connectivity index (χ3v) is 2.29. The van der Waals surface area contributed by atoms with E-state index in [4.69, 9.17) is 19.1 Å². The molecule has 0 bridgehead atoms. The summed E-state index contributed by atoms with van der Waals surface area (Å²) >= 11 is -0.106. The molecule has 0 saturated carbocycles. The fraction of sp³-hybridized carbons (Fsp3) is 0.455. The van der Waals surface area contributed by atoms with E-state index >= 15 is 0 Å². The van der Waals surface area contributed by atoms with E-state index in [1.807, 2.05) is 28.0 Å². The Labute approximate surface area is 125 Å². The molecule has 18 heavy (non-hydrogen) atoms. The zero-order valence-electron chi connectivity index (χ0n) is 10.1. The average molecular weight is 382 g/mol. The molecular weight excluding hydrogens is 365 g/mol. The van der Waals surface area contributed by atoms with E-state index in [1.54, 1.807) is 6.20 Å². The summed E-state index contributed by atoms with van der Waals surface area (Å²) in [6.07, 6.45) is 10.2. The normalized spacial score (nSPS) is 13.9. The van der Waals surface area contributed by atoms with E-state index in [0.29, 0.717) is 0 Å². The van der Waals surface area contributed by atoms with Crippen LogP contribution < -0.4 is 0 Å². The summed E-state index contributed by atoms with van der Waals surface area (Å²) in [5.74, 6) is 0. The van der Waals surface area contributed by atoms with Gasteiger partial charge in [0.15, 0.2) is 0 Å². The van der Waals surface area contributed by atoms with Crippen molar-refractivity contribution >= 4 is 19.1 Å². The van der Waals surface area contributed by atoms with Gasteiger partial charge in [-0.2, -0.15) is 5.10 Å². The van der Waals surface area contributed by atoms with E-state index in [1.165, 1.54) is 12.8 Å².